The molecule has 0 aromatic rings. The third-order valence-electron chi connectivity index (χ3n) is 3.30. The minimum atomic E-state index is -1.03. The molecule has 6 nitrogen and oxygen atoms in total. The Labute approximate surface area is 121 Å². The minimum absolute atomic E-state index is 0.0274. The number of hydrogen-bond donors (Lipinski definition) is 2. The molecule has 0 saturated heterocycles. The highest BCUT2D eigenvalue weighted by Gasteiger charge is 2.34. The number of hydrogen-bond acceptors (Lipinski definition) is 3. The van der Waals surface area contributed by atoms with Gasteiger partial charge in [0.2, 0.25) is 0 Å². The first-order valence-electron chi connectivity index (χ1n) is 6.94. The maximum atomic E-state index is 12.3. The second kappa shape index (κ2) is 8.09. The quantitative estimate of drug-likeness (QED) is 0.750. The zero-order valence-corrected chi connectivity index (χ0v) is 13.4. The highest BCUT2D eigenvalue weighted by molar-refractivity contribution is 5.83. The highest BCUT2D eigenvalue weighted by Crippen LogP contribution is 2.20. The molecule has 0 aliphatic heterocycles. The molecule has 2 atom stereocenters. The zero-order chi connectivity index (χ0) is 15.9. The SMILES string of the molecule is CCC(C)N(CCOC)C(=O)N[C@@H](C(=O)O)C(C)(C)C. The van der Waals surface area contributed by atoms with Gasteiger partial charge in [-0.15, -0.1) is 0 Å². The number of amides is 2. The van der Waals surface area contributed by atoms with Crippen molar-refractivity contribution < 1.29 is 19.4 Å². The molecule has 0 rings (SSSR count). The lowest BCUT2D eigenvalue weighted by Gasteiger charge is -2.33. The van der Waals surface area contributed by atoms with Gasteiger partial charge < -0.3 is 20.1 Å². The van der Waals surface area contributed by atoms with Crippen LogP contribution in [0.5, 0.6) is 0 Å². The molecule has 0 spiro atoms. The van der Waals surface area contributed by atoms with E-state index in [9.17, 15) is 14.7 Å². The first kappa shape index (κ1) is 18.7. The Bertz CT molecular complexity index is 326. The Hall–Kier alpha value is -1.30. The van der Waals surface area contributed by atoms with E-state index in [4.69, 9.17) is 4.74 Å². The molecule has 0 radical (unpaired) electrons. The Morgan fingerprint density at radius 2 is 1.90 bits per heavy atom. The molecule has 0 aliphatic rings. The second-order valence-corrected chi connectivity index (χ2v) is 6.03. The molecule has 0 aromatic heterocycles. The lowest BCUT2D eigenvalue weighted by Crippen LogP contribution is -2.55. The van der Waals surface area contributed by atoms with Gasteiger partial charge in [0.1, 0.15) is 6.04 Å². The minimum Gasteiger partial charge on any atom is -0.480 e. The molecule has 0 fully saturated rings. The Kier molecular flexibility index (Phi) is 7.57. The van der Waals surface area contributed by atoms with E-state index in [1.165, 1.54) is 0 Å². The van der Waals surface area contributed by atoms with Crippen molar-refractivity contribution in [2.24, 2.45) is 5.41 Å². The van der Waals surface area contributed by atoms with Crippen LogP contribution in [0.2, 0.25) is 0 Å². The van der Waals surface area contributed by atoms with Crippen molar-refractivity contribution in [3.05, 3.63) is 0 Å². The molecule has 2 N–H and O–H groups in total. The average Bonchev–Trinajstić information content (AvgIpc) is 2.34. The molecule has 0 aromatic carbocycles. The number of carboxylic acid groups (broad SMARTS) is 1. The zero-order valence-electron chi connectivity index (χ0n) is 13.4. The molecule has 6 heteroatoms. The van der Waals surface area contributed by atoms with Gasteiger partial charge in [0.15, 0.2) is 0 Å². The monoisotopic (exact) mass is 288 g/mol. The van der Waals surface area contributed by atoms with Crippen molar-refractivity contribution in [3.63, 3.8) is 0 Å². The summed E-state index contributed by atoms with van der Waals surface area (Å²) < 4.78 is 5.00. The third-order valence-corrected chi connectivity index (χ3v) is 3.30. The Balaban J connectivity index is 4.92. The van der Waals surface area contributed by atoms with Crippen LogP contribution in [0.1, 0.15) is 41.0 Å². The number of methoxy groups -OCH3 is 1. The van der Waals surface area contributed by atoms with Gasteiger partial charge in [0.05, 0.1) is 6.61 Å². The molecule has 0 bridgehead atoms. The number of ether oxygens (including phenoxy) is 1. The smallest absolute Gasteiger partial charge is 0.326 e. The van der Waals surface area contributed by atoms with Crippen LogP contribution in [0.25, 0.3) is 0 Å². The first-order chi connectivity index (χ1) is 9.15. The summed E-state index contributed by atoms with van der Waals surface area (Å²) in [4.78, 5) is 25.2. The summed E-state index contributed by atoms with van der Waals surface area (Å²) in [7, 11) is 1.57. The lowest BCUT2D eigenvalue weighted by atomic mass is 9.87. The molecular formula is C14H28N2O4. The van der Waals surface area contributed by atoms with Crippen molar-refractivity contribution >= 4 is 12.0 Å². The van der Waals surface area contributed by atoms with Crippen LogP contribution in [0, 0.1) is 5.41 Å². The summed E-state index contributed by atoms with van der Waals surface area (Å²) in [6.07, 6.45) is 0.796. The standard InChI is InChI=1S/C14H28N2O4/c1-7-10(2)16(8-9-20-6)13(19)15-11(12(17)18)14(3,4)5/h10-11H,7-9H2,1-6H3,(H,15,19)(H,17,18)/t10?,11-/m0/s1. The lowest BCUT2D eigenvalue weighted by molar-refractivity contribution is -0.142. The average molecular weight is 288 g/mol. The molecule has 20 heavy (non-hydrogen) atoms. The molecule has 0 aliphatic carbocycles. The van der Waals surface area contributed by atoms with Gasteiger partial charge in [-0.1, -0.05) is 27.7 Å². The van der Waals surface area contributed by atoms with Crippen molar-refractivity contribution in [3.8, 4) is 0 Å². The van der Waals surface area contributed by atoms with Gasteiger partial charge in [0, 0.05) is 19.7 Å². The largest absolute Gasteiger partial charge is 0.480 e. The van der Waals surface area contributed by atoms with E-state index >= 15 is 0 Å². The predicted molar refractivity (Wildman–Crippen MR) is 77.7 cm³/mol. The van der Waals surface area contributed by atoms with Gasteiger partial charge in [0.25, 0.3) is 0 Å². The summed E-state index contributed by atoms with van der Waals surface area (Å²) in [5, 5.41) is 11.9. The van der Waals surface area contributed by atoms with Crippen LogP contribution < -0.4 is 5.32 Å². The number of urea groups is 1. The molecule has 2 amide bonds. The van der Waals surface area contributed by atoms with Crippen LogP contribution in [0.4, 0.5) is 4.79 Å². The van der Waals surface area contributed by atoms with Gasteiger partial charge in [-0.3, -0.25) is 0 Å². The van der Waals surface area contributed by atoms with Crippen molar-refractivity contribution in [1.29, 1.82) is 0 Å². The second-order valence-electron chi connectivity index (χ2n) is 6.03. The number of carboxylic acids is 1. The molecule has 0 saturated carbocycles. The Morgan fingerprint density at radius 3 is 2.25 bits per heavy atom. The Morgan fingerprint density at radius 1 is 1.35 bits per heavy atom. The summed E-state index contributed by atoms with van der Waals surface area (Å²) in [5.74, 6) is -1.03. The number of nitrogens with zero attached hydrogens (tertiary/aromatic N) is 1. The number of aliphatic carboxylic acids is 1. The highest BCUT2D eigenvalue weighted by atomic mass is 16.5. The van der Waals surface area contributed by atoms with E-state index < -0.39 is 17.4 Å². The summed E-state index contributed by atoms with van der Waals surface area (Å²) in [6.45, 7) is 10.1. The maximum absolute atomic E-state index is 12.3. The predicted octanol–water partition coefficient (Wildman–Crippen LogP) is 1.94. The van der Waals surface area contributed by atoms with Gasteiger partial charge in [-0.05, 0) is 18.8 Å². The molecule has 118 valence electrons. The number of carbonyl (C=O) groups is 2. The summed E-state index contributed by atoms with van der Waals surface area (Å²) in [5.41, 5.74) is -0.552. The number of carbonyl (C=O) groups excluding carboxylic acids is 1. The van der Waals surface area contributed by atoms with E-state index in [1.54, 1.807) is 32.8 Å². The molecule has 0 heterocycles. The van der Waals surface area contributed by atoms with Crippen molar-refractivity contribution in [2.75, 3.05) is 20.3 Å². The van der Waals surface area contributed by atoms with E-state index in [-0.39, 0.29) is 12.1 Å². The van der Waals surface area contributed by atoms with Gasteiger partial charge >= 0.3 is 12.0 Å². The fourth-order valence-electron chi connectivity index (χ4n) is 1.79. The normalized spacial score (nSPS) is 14.5. The van der Waals surface area contributed by atoms with Crippen LogP contribution in [0.15, 0.2) is 0 Å². The van der Waals surface area contributed by atoms with Gasteiger partial charge in [-0.2, -0.15) is 0 Å². The van der Waals surface area contributed by atoms with E-state index in [0.29, 0.717) is 13.2 Å². The van der Waals surface area contributed by atoms with Crippen LogP contribution in [-0.4, -0.2) is 54.4 Å². The molecule has 1 unspecified atom stereocenters. The van der Waals surface area contributed by atoms with Gasteiger partial charge in [-0.25, -0.2) is 9.59 Å². The first-order valence-corrected chi connectivity index (χ1v) is 6.94. The number of nitrogens with one attached hydrogen (secondary N) is 1. The third kappa shape index (κ3) is 5.77. The summed E-state index contributed by atoms with van der Waals surface area (Å²) in [6, 6.07) is -1.26. The van der Waals surface area contributed by atoms with Crippen molar-refractivity contribution in [2.45, 2.75) is 53.1 Å². The van der Waals surface area contributed by atoms with Crippen molar-refractivity contribution in [1.82, 2.24) is 10.2 Å². The van der Waals surface area contributed by atoms with Crippen LogP contribution in [0.3, 0.4) is 0 Å². The fourth-order valence-corrected chi connectivity index (χ4v) is 1.79. The topological polar surface area (TPSA) is 78.9 Å². The number of rotatable bonds is 7. The van der Waals surface area contributed by atoms with E-state index in [0.717, 1.165) is 6.42 Å². The van der Waals surface area contributed by atoms with E-state index in [2.05, 4.69) is 5.32 Å². The fraction of sp³-hybridized carbons (Fsp3) is 0.857. The van der Waals surface area contributed by atoms with Crippen LogP contribution in [-0.2, 0) is 9.53 Å². The molecular weight excluding hydrogens is 260 g/mol. The maximum Gasteiger partial charge on any atom is 0.326 e. The van der Waals surface area contributed by atoms with Crippen LogP contribution >= 0.6 is 0 Å². The van der Waals surface area contributed by atoms with E-state index in [1.807, 2.05) is 13.8 Å². The summed E-state index contributed by atoms with van der Waals surface area (Å²) >= 11 is 0.